The summed E-state index contributed by atoms with van der Waals surface area (Å²) in [5.41, 5.74) is -1.69. The van der Waals surface area contributed by atoms with Crippen LogP contribution in [-0.4, -0.2) is 10.7 Å². The molecule has 3 aliphatic rings. The maximum atomic E-state index is 13.8. The van der Waals surface area contributed by atoms with E-state index < -0.39 is 40.7 Å². The third kappa shape index (κ3) is 1.25. The second-order valence-corrected chi connectivity index (χ2v) is 5.11. The van der Waals surface area contributed by atoms with E-state index in [1.54, 1.807) is 6.08 Å². The molecule has 0 amide bonds. The zero-order valence-corrected chi connectivity index (χ0v) is 9.48. The van der Waals surface area contributed by atoms with Crippen LogP contribution in [0.1, 0.15) is 36.3 Å². The molecular weight excluding hydrogens is 248 g/mol. The molecule has 0 heterocycles. The number of aliphatic hydroxyl groups is 1. The fourth-order valence-corrected chi connectivity index (χ4v) is 3.03. The number of allylic oxidation sites excluding steroid dienone is 1. The van der Waals surface area contributed by atoms with Crippen LogP contribution in [0.3, 0.4) is 0 Å². The minimum absolute atomic E-state index is 0.162. The van der Waals surface area contributed by atoms with Crippen LogP contribution in [0.15, 0.2) is 12.2 Å². The largest absolute Gasteiger partial charge is 0.389 e. The van der Waals surface area contributed by atoms with E-state index in [1.165, 1.54) is 13.0 Å². The van der Waals surface area contributed by atoms with Crippen LogP contribution < -0.4 is 0 Å². The molecule has 0 unspecified atom stereocenters. The van der Waals surface area contributed by atoms with Crippen LogP contribution in [-0.2, 0) is 0 Å². The molecule has 5 heteroatoms. The Labute approximate surface area is 101 Å². The van der Waals surface area contributed by atoms with Crippen LogP contribution in [0.4, 0.5) is 17.6 Å². The highest BCUT2D eigenvalue weighted by molar-refractivity contribution is 5.49. The lowest BCUT2D eigenvalue weighted by Gasteiger charge is -2.44. The van der Waals surface area contributed by atoms with Gasteiger partial charge in [0.2, 0.25) is 0 Å². The standard InChI is InChI=1S/C13H10F4O/c1-13(18)4-5-2-3-6(13)8-7(5)9(14)11(16)12(17)10(8)15/h2-3,5-6,18H,4H2,1H3/t5-,6-,13+/m0/s1. The molecule has 3 aliphatic carbocycles. The first kappa shape index (κ1) is 11.7. The Morgan fingerprint density at radius 1 is 1.00 bits per heavy atom. The summed E-state index contributed by atoms with van der Waals surface area (Å²) in [5, 5.41) is 10.1. The molecule has 2 bridgehead atoms. The van der Waals surface area contributed by atoms with E-state index in [1.807, 2.05) is 0 Å². The van der Waals surface area contributed by atoms with Gasteiger partial charge in [-0.2, -0.15) is 0 Å². The molecule has 1 nitrogen and oxygen atoms in total. The third-order valence-electron chi connectivity index (χ3n) is 3.86. The van der Waals surface area contributed by atoms with Crippen molar-refractivity contribution in [3.8, 4) is 0 Å². The summed E-state index contributed by atoms with van der Waals surface area (Å²) >= 11 is 0. The van der Waals surface area contributed by atoms with Gasteiger partial charge < -0.3 is 5.11 Å². The molecule has 0 fully saturated rings. The summed E-state index contributed by atoms with van der Waals surface area (Å²) in [4.78, 5) is 0. The summed E-state index contributed by atoms with van der Waals surface area (Å²) < 4.78 is 54.0. The summed E-state index contributed by atoms with van der Waals surface area (Å²) in [6.07, 6.45) is 3.30. The summed E-state index contributed by atoms with van der Waals surface area (Å²) in [7, 11) is 0. The highest BCUT2D eigenvalue weighted by Crippen LogP contribution is 2.52. The Kier molecular flexibility index (Phi) is 2.18. The van der Waals surface area contributed by atoms with Crippen LogP contribution in [0.5, 0.6) is 0 Å². The van der Waals surface area contributed by atoms with Gasteiger partial charge in [0.1, 0.15) is 0 Å². The quantitative estimate of drug-likeness (QED) is 0.328. The molecule has 1 aromatic rings. The van der Waals surface area contributed by atoms with E-state index in [2.05, 4.69) is 0 Å². The molecular formula is C13H10F4O. The van der Waals surface area contributed by atoms with E-state index in [-0.39, 0.29) is 17.5 Å². The Balaban J connectivity index is 2.37. The minimum atomic E-state index is -1.82. The maximum Gasteiger partial charge on any atom is 0.197 e. The molecule has 3 atom stereocenters. The number of halogens is 4. The first-order chi connectivity index (χ1) is 8.34. The number of rotatable bonds is 0. The van der Waals surface area contributed by atoms with E-state index in [0.717, 1.165) is 0 Å². The van der Waals surface area contributed by atoms with Crippen LogP contribution in [0, 0.1) is 23.3 Å². The molecule has 0 saturated heterocycles. The third-order valence-corrected chi connectivity index (χ3v) is 3.86. The van der Waals surface area contributed by atoms with Crippen molar-refractivity contribution in [1.82, 2.24) is 0 Å². The average molecular weight is 258 g/mol. The maximum absolute atomic E-state index is 13.8. The van der Waals surface area contributed by atoms with Crippen LogP contribution in [0.25, 0.3) is 0 Å². The van der Waals surface area contributed by atoms with E-state index in [4.69, 9.17) is 0 Å². The predicted octanol–water partition coefficient (Wildman–Crippen LogP) is 3.13. The molecule has 0 spiro atoms. The fourth-order valence-electron chi connectivity index (χ4n) is 3.03. The van der Waals surface area contributed by atoms with Gasteiger partial charge in [-0.05, 0) is 13.3 Å². The Morgan fingerprint density at radius 3 is 2.11 bits per heavy atom. The molecule has 4 rings (SSSR count). The Morgan fingerprint density at radius 2 is 1.56 bits per heavy atom. The number of fused-ring (bicyclic) bond motifs is 1. The lowest BCUT2D eigenvalue weighted by Crippen LogP contribution is -2.42. The Bertz CT molecular complexity index is 577. The van der Waals surface area contributed by atoms with Gasteiger partial charge in [0, 0.05) is 23.0 Å². The zero-order chi connectivity index (χ0) is 13.2. The first-order valence-electron chi connectivity index (χ1n) is 5.61. The van der Waals surface area contributed by atoms with Crippen molar-refractivity contribution < 1.29 is 22.7 Å². The highest BCUT2D eigenvalue weighted by Gasteiger charge is 2.47. The SMILES string of the molecule is C[C@@]1(O)C[C@@H]2C=C[C@H]1c1c(F)c(F)c(F)c(F)c12. The summed E-state index contributed by atoms with van der Waals surface area (Å²) in [6.45, 7) is 1.48. The lowest BCUT2D eigenvalue weighted by atomic mass is 9.63. The van der Waals surface area contributed by atoms with E-state index in [9.17, 15) is 22.7 Å². The number of benzene rings is 1. The smallest absolute Gasteiger partial charge is 0.197 e. The van der Waals surface area contributed by atoms with Crippen molar-refractivity contribution in [3.05, 3.63) is 46.5 Å². The molecule has 0 saturated carbocycles. The monoisotopic (exact) mass is 258 g/mol. The topological polar surface area (TPSA) is 20.2 Å². The van der Waals surface area contributed by atoms with Crippen molar-refractivity contribution in [2.45, 2.75) is 30.8 Å². The zero-order valence-electron chi connectivity index (χ0n) is 9.48. The molecule has 0 aliphatic heterocycles. The van der Waals surface area contributed by atoms with Gasteiger partial charge in [-0.3, -0.25) is 0 Å². The molecule has 96 valence electrons. The highest BCUT2D eigenvalue weighted by atomic mass is 19.2. The van der Waals surface area contributed by atoms with Crippen molar-refractivity contribution in [3.63, 3.8) is 0 Å². The van der Waals surface area contributed by atoms with Crippen molar-refractivity contribution >= 4 is 0 Å². The normalized spacial score (nSPS) is 32.8. The van der Waals surface area contributed by atoms with Crippen molar-refractivity contribution in [1.29, 1.82) is 0 Å². The number of hydrogen-bond donors (Lipinski definition) is 1. The summed E-state index contributed by atoms with van der Waals surface area (Å²) in [5.74, 6) is -7.82. The lowest BCUT2D eigenvalue weighted by molar-refractivity contribution is 0.0178. The van der Waals surface area contributed by atoms with Gasteiger partial charge in [-0.25, -0.2) is 17.6 Å². The van der Waals surface area contributed by atoms with E-state index in [0.29, 0.717) is 0 Å². The average Bonchev–Trinajstić information content (AvgIpc) is 2.32. The van der Waals surface area contributed by atoms with Crippen LogP contribution >= 0.6 is 0 Å². The molecule has 18 heavy (non-hydrogen) atoms. The first-order valence-corrected chi connectivity index (χ1v) is 5.61. The summed E-state index contributed by atoms with van der Waals surface area (Å²) in [6, 6.07) is 0. The second-order valence-electron chi connectivity index (χ2n) is 5.11. The second kappa shape index (κ2) is 3.35. The molecule has 1 aromatic carbocycles. The van der Waals surface area contributed by atoms with Crippen molar-refractivity contribution in [2.24, 2.45) is 0 Å². The van der Waals surface area contributed by atoms with Crippen LogP contribution in [0.2, 0.25) is 0 Å². The molecule has 0 aromatic heterocycles. The van der Waals surface area contributed by atoms with E-state index >= 15 is 0 Å². The minimum Gasteiger partial charge on any atom is -0.389 e. The van der Waals surface area contributed by atoms with Gasteiger partial charge in [0.25, 0.3) is 0 Å². The van der Waals surface area contributed by atoms with Gasteiger partial charge in [-0.15, -0.1) is 0 Å². The van der Waals surface area contributed by atoms with Gasteiger partial charge in [0.05, 0.1) is 5.60 Å². The molecule has 0 radical (unpaired) electrons. The fraction of sp³-hybridized carbons (Fsp3) is 0.385. The Hall–Kier alpha value is -1.36. The van der Waals surface area contributed by atoms with Gasteiger partial charge >= 0.3 is 0 Å². The number of hydrogen-bond acceptors (Lipinski definition) is 1. The van der Waals surface area contributed by atoms with Crippen molar-refractivity contribution in [2.75, 3.05) is 0 Å². The van der Waals surface area contributed by atoms with Gasteiger partial charge in [-0.1, -0.05) is 12.2 Å². The predicted molar refractivity (Wildman–Crippen MR) is 56.1 cm³/mol. The molecule has 1 N–H and O–H groups in total. The van der Waals surface area contributed by atoms with Gasteiger partial charge in [0.15, 0.2) is 23.3 Å².